The predicted molar refractivity (Wildman–Crippen MR) is 153 cm³/mol. The van der Waals surface area contributed by atoms with Crippen LogP contribution in [0.4, 0.5) is 9.18 Å². The first-order chi connectivity index (χ1) is 18.6. The summed E-state index contributed by atoms with van der Waals surface area (Å²) in [6.07, 6.45) is 5.42. The molecule has 1 saturated carbocycles. The summed E-state index contributed by atoms with van der Waals surface area (Å²) >= 11 is 0. The van der Waals surface area contributed by atoms with Gasteiger partial charge in [0.15, 0.2) is 0 Å². The van der Waals surface area contributed by atoms with Gasteiger partial charge in [-0.05, 0) is 94.0 Å². The van der Waals surface area contributed by atoms with Gasteiger partial charge in [0.2, 0.25) is 0 Å². The third-order valence-electron chi connectivity index (χ3n) is 7.28. The van der Waals surface area contributed by atoms with Crippen molar-refractivity contribution in [3.05, 3.63) is 89.2 Å². The van der Waals surface area contributed by atoms with Gasteiger partial charge in [0, 0.05) is 17.5 Å². The maximum Gasteiger partial charge on any atom is 0.411 e. The second kappa shape index (κ2) is 12.0. The second-order valence-corrected chi connectivity index (χ2v) is 11.2. The number of nitrogens with zero attached hydrogens (tertiary/aromatic N) is 1. The fourth-order valence-electron chi connectivity index (χ4n) is 5.48. The molecular weight excluding hydrogens is 493 g/mol. The Morgan fingerprint density at radius 2 is 1.72 bits per heavy atom. The second-order valence-electron chi connectivity index (χ2n) is 11.2. The maximum absolute atomic E-state index is 14.6. The highest BCUT2D eigenvalue weighted by molar-refractivity contribution is 5.87. The quantitative estimate of drug-likeness (QED) is 0.228. The minimum Gasteiger partial charge on any atom is -0.463 e. The summed E-state index contributed by atoms with van der Waals surface area (Å²) in [7, 11) is 0. The maximum atomic E-state index is 14.6. The van der Waals surface area contributed by atoms with E-state index in [0.29, 0.717) is 17.9 Å². The average molecular weight is 532 g/mol. The molecule has 39 heavy (non-hydrogen) atoms. The van der Waals surface area contributed by atoms with E-state index in [1.54, 1.807) is 25.1 Å². The Kier molecular flexibility index (Phi) is 8.73. The van der Waals surface area contributed by atoms with Crippen molar-refractivity contribution < 1.29 is 23.5 Å². The van der Waals surface area contributed by atoms with Crippen LogP contribution in [0.2, 0.25) is 0 Å². The topological polar surface area (TPSA) is 55.8 Å². The smallest absolute Gasteiger partial charge is 0.411 e. The molecule has 6 heteroatoms. The molecule has 1 aliphatic carbocycles. The predicted octanol–water partition coefficient (Wildman–Crippen LogP) is 8.19. The number of ether oxygens (including phenoxy) is 2. The zero-order valence-corrected chi connectivity index (χ0v) is 23.4. The number of carbonyl (C=O) groups excluding carboxylic acids is 2. The Morgan fingerprint density at radius 1 is 1.03 bits per heavy atom. The highest BCUT2D eigenvalue weighted by Gasteiger charge is 2.38. The molecule has 0 heterocycles. The number of rotatable bonds is 7. The van der Waals surface area contributed by atoms with Crippen molar-refractivity contribution in [2.24, 2.45) is 0 Å². The third kappa shape index (κ3) is 6.86. The van der Waals surface area contributed by atoms with Crippen molar-refractivity contribution in [1.29, 1.82) is 0 Å². The van der Waals surface area contributed by atoms with Crippen LogP contribution < -0.4 is 0 Å². The minimum atomic E-state index is -0.634. The summed E-state index contributed by atoms with van der Waals surface area (Å²) in [4.78, 5) is 27.1. The summed E-state index contributed by atoms with van der Waals surface area (Å²) in [6.45, 7) is 9.74. The van der Waals surface area contributed by atoms with Gasteiger partial charge in [-0.3, -0.25) is 4.90 Å². The van der Waals surface area contributed by atoms with Gasteiger partial charge in [-0.15, -0.1) is 0 Å². The van der Waals surface area contributed by atoms with E-state index in [2.05, 4.69) is 12.1 Å². The number of carbonyl (C=O) groups is 2. The number of fused-ring (bicyclic) bond motifs is 1. The zero-order chi connectivity index (χ0) is 28.2. The van der Waals surface area contributed by atoms with Crippen molar-refractivity contribution in [2.45, 2.75) is 77.5 Å². The number of hydrogen-bond donors (Lipinski definition) is 0. The lowest BCUT2D eigenvalue weighted by Crippen LogP contribution is -2.44. The molecule has 1 amide bonds. The number of halogens is 1. The Balaban J connectivity index is 1.57. The average Bonchev–Trinajstić information content (AvgIpc) is 3.37. The number of amides is 1. The summed E-state index contributed by atoms with van der Waals surface area (Å²) in [5, 5.41) is 1.35. The Morgan fingerprint density at radius 3 is 2.38 bits per heavy atom. The first kappa shape index (κ1) is 28.3. The molecule has 3 aromatic carbocycles. The first-order valence-corrected chi connectivity index (χ1v) is 13.7. The van der Waals surface area contributed by atoms with Crippen molar-refractivity contribution in [3.8, 4) is 0 Å². The Bertz CT molecular complexity index is 1340. The lowest BCUT2D eigenvalue weighted by molar-refractivity contribution is -0.137. The van der Waals surface area contributed by atoms with Crippen LogP contribution in [0, 0.1) is 5.82 Å². The van der Waals surface area contributed by atoms with Crippen molar-refractivity contribution in [3.63, 3.8) is 0 Å². The SMILES string of the molecule is CCOC(=O)C=Cc1ccc([C@@H]2CC[C@H](N(C(=O)OC(C)(C)C)[C@H](C)c3ccc(F)c4ccccc34)C2)cc1. The molecule has 3 atom stereocenters. The van der Waals surface area contributed by atoms with Crippen LogP contribution >= 0.6 is 0 Å². The zero-order valence-electron chi connectivity index (χ0n) is 23.4. The summed E-state index contributed by atoms with van der Waals surface area (Å²) in [6, 6.07) is 18.5. The molecule has 0 spiro atoms. The Labute approximate surface area is 230 Å². The van der Waals surface area contributed by atoms with Gasteiger partial charge in [0.05, 0.1) is 12.6 Å². The first-order valence-electron chi connectivity index (χ1n) is 13.7. The van der Waals surface area contributed by atoms with E-state index >= 15 is 0 Å². The van der Waals surface area contributed by atoms with Crippen LogP contribution in [0.1, 0.15) is 82.5 Å². The van der Waals surface area contributed by atoms with E-state index in [4.69, 9.17) is 9.47 Å². The van der Waals surface area contributed by atoms with Crippen molar-refractivity contribution in [2.75, 3.05) is 6.61 Å². The van der Waals surface area contributed by atoms with Crippen LogP contribution in [0.3, 0.4) is 0 Å². The molecule has 1 aliphatic rings. The van der Waals surface area contributed by atoms with Crippen molar-refractivity contribution >= 4 is 28.9 Å². The lowest BCUT2D eigenvalue weighted by atomic mass is 9.95. The highest BCUT2D eigenvalue weighted by atomic mass is 19.1. The Hall–Kier alpha value is -3.67. The van der Waals surface area contributed by atoms with Gasteiger partial charge < -0.3 is 9.47 Å². The van der Waals surface area contributed by atoms with E-state index in [1.807, 2.05) is 62.9 Å². The third-order valence-corrected chi connectivity index (χ3v) is 7.28. The summed E-state index contributed by atoms with van der Waals surface area (Å²) < 4.78 is 25.4. The van der Waals surface area contributed by atoms with Crippen LogP contribution in [0.5, 0.6) is 0 Å². The van der Waals surface area contributed by atoms with Gasteiger partial charge in [0.25, 0.3) is 0 Å². The number of hydrogen-bond acceptors (Lipinski definition) is 4. The van der Waals surface area contributed by atoms with Crippen LogP contribution in [-0.2, 0) is 14.3 Å². The van der Waals surface area contributed by atoms with Crippen molar-refractivity contribution in [1.82, 2.24) is 4.90 Å². The van der Waals surface area contributed by atoms with E-state index in [9.17, 15) is 14.0 Å². The number of esters is 1. The van der Waals surface area contributed by atoms with Crippen LogP contribution in [0.15, 0.2) is 66.7 Å². The van der Waals surface area contributed by atoms with E-state index in [-0.39, 0.29) is 30.0 Å². The van der Waals surface area contributed by atoms with Crippen LogP contribution in [-0.4, -0.2) is 35.2 Å². The lowest BCUT2D eigenvalue weighted by Gasteiger charge is -2.37. The summed E-state index contributed by atoms with van der Waals surface area (Å²) in [5.41, 5.74) is 2.40. The number of benzene rings is 3. The molecular formula is C33H38FNO4. The molecule has 0 unspecified atom stereocenters. The van der Waals surface area contributed by atoms with Gasteiger partial charge >= 0.3 is 12.1 Å². The molecule has 0 saturated heterocycles. The van der Waals surface area contributed by atoms with E-state index in [1.165, 1.54) is 17.7 Å². The van der Waals surface area contributed by atoms with Gasteiger partial charge in [-0.25, -0.2) is 14.0 Å². The van der Waals surface area contributed by atoms with E-state index < -0.39 is 5.60 Å². The molecule has 0 N–H and O–H groups in total. The van der Waals surface area contributed by atoms with Gasteiger partial charge in [-0.2, -0.15) is 0 Å². The molecule has 1 fully saturated rings. The normalized spacial score (nSPS) is 18.3. The largest absolute Gasteiger partial charge is 0.463 e. The molecule has 3 aromatic rings. The molecule has 4 rings (SSSR count). The molecule has 0 aromatic heterocycles. The molecule has 0 aliphatic heterocycles. The fraction of sp³-hybridized carbons (Fsp3) is 0.394. The molecule has 0 bridgehead atoms. The molecule has 5 nitrogen and oxygen atoms in total. The highest BCUT2D eigenvalue weighted by Crippen LogP contribution is 2.41. The monoisotopic (exact) mass is 531 g/mol. The van der Waals surface area contributed by atoms with E-state index in [0.717, 1.165) is 35.8 Å². The molecule has 206 valence electrons. The van der Waals surface area contributed by atoms with Gasteiger partial charge in [-0.1, -0.05) is 54.6 Å². The minimum absolute atomic E-state index is 0.0212. The molecule has 0 radical (unpaired) electrons. The summed E-state index contributed by atoms with van der Waals surface area (Å²) in [5.74, 6) is -0.336. The van der Waals surface area contributed by atoms with Gasteiger partial charge in [0.1, 0.15) is 11.4 Å². The van der Waals surface area contributed by atoms with Crippen LogP contribution in [0.25, 0.3) is 16.8 Å². The standard InChI is InChI=1S/C33H38FNO4/c1-6-38-31(36)20-13-23-11-14-24(15-12-23)25-16-17-26(21-25)35(32(37)39-33(3,4)5)22(2)27-18-19-30(34)29-10-8-7-9-28(27)29/h7-15,18-20,22,25-26H,6,16-17,21H2,1-5H3/t22-,25-,26+/m1/s1. The fourth-order valence-corrected chi connectivity index (χ4v) is 5.48.